The van der Waals surface area contributed by atoms with Crippen LogP contribution in [0.3, 0.4) is 0 Å². The molecule has 3 heterocycles. The van der Waals surface area contributed by atoms with Crippen LogP contribution in [0.4, 0.5) is 5.82 Å². The highest BCUT2D eigenvalue weighted by Crippen LogP contribution is 2.42. The number of carbonyl (C=O) groups is 1. The minimum Gasteiger partial charge on any atom is -0.387 e. The molecule has 8 nitrogen and oxygen atoms in total. The van der Waals surface area contributed by atoms with E-state index < -0.39 is 6.10 Å². The summed E-state index contributed by atoms with van der Waals surface area (Å²) in [6.45, 7) is 9.40. The molecule has 9 heteroatoms. The number of aliphatic hydroxyl groups is 1. The molecule has 2 aliphatic heterocycles. The molecule has 5 rings (SSSR count). The third kappa shape index (κ3) is 4.77. The second-order valence-corrected chi connectivity index (χ2v) is 10.1. The average Bonchev–Trinajstić information content (AvgIpc) is 3.17. The fourth-order valence-electron chi connectivity index (χ4n) is 5.49. The summed E-state index contributed by atoms with van der Waals surface area (Å²) in [5.74, 6) is 1.11. The maximum atomic E-state index is 13.8. The minimum atomic E-state index is -0.514. The Morgan fingerprint density at radius 3 is 2.53 bits per heavy atom. The van der Waals surface area contributed by atoms with Crippen LogP contribution in [-0.4, -0.2) is 89.7 Å². The number of benzene rings is 1. The Morgan fingerprint density at radius 1 is 1.12 bits per heavy atom. The molecule has 0 bridgehead atoms. The predicted molar refractivity (Wildman–Crippen MR) is 132 cm³/mol. The van der Waals surface area contributed by atoms with Gasteiger partial charge in [0.05, 0.1) is 17.7 Å². The highest BCUT2D eigenvalue weighted by atomic mass is 35.5. The lowest BCUT2D eigenvalue weighted by atomic mass is 9.96. The Kier molecular flexibility index (Phi) is 7.01. The molecule has 1 aromatic heterocycles. The van der Waals surface area contributed by atoms with Crippen molar-refractivity contribution in [2.24, 2.45) is 0 Å². The van der Waals surface area contributed by atoms with Crippen LogP contribution in [0.15, 0.2) is 30.6 Å². The SMILES string of the molecule is C[C@@H]1C[C@@H](O)c2ncnc(N3CCN(C(=O)[C@@H](CN4CCNCC4)c4ccc(Cl)cc4)CC3)c21. The molecule has 0 spiro atoms. The number of anilines is 1. The van der Waals surface area contributed by atoms with Crippen LogP contribution in [0, 0.1) is 0 Å². The van der Waals surface area contributed by atoms with E-state index in [1.807, 2.05) is 29.2 Å². The summed E-state index contributed by atoms with van der Waals surface area (Å²) in [5, 5.41) is 14.4. The molecule has 2 aromatic rings. The molecule has 3 atom stereocenters. The smallest absolute Gasteiger partial charge is 0.231 e. The monoisotopic (exact) mass is 484 g/mol. The van der Waals surface area contributed by atoms with E-state index >= 15 is 0 Å². The number of hydrogen-bond donors (Lipinski definition) is 2. The number of carbonyl (C=O) groups excluding carboxylic acids is 1. The summed E-state index contributed by atoms with van der Waals surface area (Å²) in [6, 6.07) is 7.72. The van der Waals surface area contributed by atoms with Gasteiger partial charge in [-0.05, 0) is 30.0 Å². The van der Waals surface area contributed by atoms with Gasteiger partial charge in [-0.1, -0.05) is 30.7 Å². The fraction of sp³-hybridized carbons (Fsp3) is 0.560. The Labute approximate surface area is 205 Å². The lowest BCUT2D eigenvalue weighted by molar-refractivity contribution is -0.133. The van der Waals surface area contributed by atoms with Crippen LogP contribution < -0.4 is 10.2 Å². The Balaban J connectivity index is 1.30. The van der Waals surface area contributed by atoms with E-state index in [0.29, 0.717) is 24.5 Å². The van der Waals surface area contributed by atoms with Gasteiger partial charge in [0, 0.05) is 69.5 Å². The van der Waals surface area contributed by atoms with E-state index in [1.165, 1.54) is 0 Å². The lowest BCUT2D eigenvalue weighted by Crippen LogP contribution is -2.52. The second-order valence-electron chi connectivity index (χ2n) is 9.62. The molecule has 0 saturated carbocycles. The van der Waals surface area contributed by atoms with E-state index in [0.717, 1.165) is 68.5 Å². The van der Waals surface area contributed by atoms with Gasteiger partial charge in [-0.2, -0.15) is 0 Å². The number of aromatic nitrogens is 2. The van der Waals surface area contributed by atoms with Gasteiger partial charge < -0.3 is 20.2 Å². The Hall–Kier alpha value is -2.26. The third-order valence-corrected chi connectivity index (χ3v) is 7.64. The largest absolute Gasteiger partial charge is 0.387 e. The van der Waals surface area contributed by atoms with Crippen molar-refractivity contribution in [1.82, 2.24) is 25.1 Å². The molecule has 2 N–H and O–H groups in total. The number of piperazine rings is 2. The molecule has 0 radical (unpaired) electrons. The number of amides is 1. The number of hydrogen-bond acceptors (Lipinski definition) is 7. The van der Waals surface area contributed by atoms with Crippen LogP contribution in [0.2, 0.25) is 5.02 Å². The molecule has 1 aliphatic carbocycles. The van der Waals surface area contributed by atoms with Gasteiger partial charge in [-0.25, -0.2) is 9.97 Å². The summed E-state index contributed by atoms with van der Waals surface area (Å²) in [7, 11) is 0. The molecule has 1 amide bonds. The highest BCUT2D eigenvalue weighted by molar-refractivity contribution is 6.30. The molecule has 34 heavy (non-hydrogen) atoms. The third-order valence-electron chi connectivity index (χ3n) is 7.39. The van der Waals surface area contributed by atoms with Gasteiger partial charge in [0.15, 0.2) is 0 Å². The summed E-state index contributed by atoms with van der Waals surface area (Å²) in [5.41, 5.74) is 2.84. The standard InChI is InChI=1S/C25H33ClN6O2/c1-17-14-21(33)23-22(17)24(29-16-28-23)31-10-12-32(13-11-31)25(34)20(15-30-8-6-27-7-9-30)18-2-4-19(26)5-3-18/h2-5,16-17,20-21,27,33H,6-15H2,1H3/t17-,20+,21-/m1/s1. The maximum absolute atomic E-state index is 13.8. The van der Waals surface area contributed by atoms with Gasteiger partial charge in [0.25, 0.3) is 0 Å². The zero-order valence-electron chi connectivity index (χ0n) is 19.7. The first-order chi connectivity index (χ1) is 16.5. The van der Waals surface area contributed by atoms with Crippen LogP contribution in [0.25, 0.3) is 0 Å². The van der Waals surface area contributed by atoms with Crippen molar-refractivity contribution in [1.29, 1.82) is 0 Å². The van der Waals surface area contributed by atoms with Crippen LogP contribution >= 0.6 is 11.6 Å². The van der Waals surface area contributed by atoms with Gasteiger partial charge in [0.1, 0.15) is 12.1 Å². The van der Waals surface area contributed by atoms with Crippen molar-refractivity contribution in [3.05, 3.63) is 52.4 Å². The van der Waals surface area contributed by atoms with Crippen molar-refractivity contribution in [3.63, 3.8) is 0 Å². The molecule has 2 saturated heterocycles. The summed E-state index contributed by atoms with van der Waals surface area (Å²) in [6.07, 6.45) is 1.73. The van der Waals surface area contributed by atoms with Crippen molar-refractivity contribution in [2.75, 3.05) is 63.8 Å². The molecule has 182 valence electrons. The Bertz CT molecular complexity index is 1000. The maximum Gasteiger partial charge on any atom is 0.231 e. The highest BCUT2D eigenvalue weighted by Gasteiger charge is 2.35. The number of aliphatic hydroxyl groups excluding tert-OH is 1. The zero-order valence-corrected chi connectivity index (χ0v) is 20.4. The fourth-order valence-corrected chi connectivity index (χ4v) is 5.61. The first-order valence-electron chi connectivity index (χ1n) is 12.3. The van der Waals surface area contributed by atoms with Crippen molar-refractivity contribution in [2.45, 2.75) is 31.3 Å². The number of nitrogens with one attached hydrogen (secondary N) is 1. The van der Waals surface area contributed by atoms with Crippen LogP contribution in [0.5, 0.6) is 0 Å². The van der Waals surface area contributed by atoms with E-state index in [4.69, 9.17) is 11.6 Å². The molecule has 3 aliphatic rings. The first-order valence-corrected chi connectivity index (χ1v) is 12.6. The molecular formula is C25H33ClN6O2. The lowest BCUT2D eigenvalue weighted by Gasteiger charge is -2.39. The number of halogens is 1. The molecular weight excluding hydrogens is 452 g/mol. The normalized spacial score (nSPS) is 24.2. The summed E-state index contributed by atoms with van der Waals surface area (Å²) < 4.78 is 0. The summed E-state index contributed by atoms with van der Waals surface area (Å²) in [4.78, 5) is 29.3. The second kappa shape index (κ2) is 10.2. The molecule has 2 fully saturated rings. The van der Waals surface area contributed by atoms with E-state index in [9.17, 15) is 9.90 Å². The van der Waals surface area contributed by atoms with Crippen molar-refractivity contribution < 1.29 is 9.90 Å². The first kappa shape index (κ1) is 23.5. The van der Waals surface area contributed by atoms with E-state index in [1.54, 1.807) is 6.33 Å². The number of nitrogens with zero attached hydrogens (tertiary/aromatic N) is 5. The molecule has 1 aromatic carbocycles. The van der Waals surface area contributed by atoms with E-state index in [2.05, 4.69) is 32.0 Å². The van der Waals surface area contributed by atoms with Crippen molar-refractivity contribution >= 4 is 23.3 Å². The van der Waals surface area contributed by atoms with Gasteiger partial charge in [-0.3, -0.25) is 9.69 Å². The van der Waals surface area contributed by atoms with Crippen LogP contribution in [-0.2, 0) is 4.79 Å². The summed E-state index contributed by atoms with van der Waals surface area (Å²) >= 11 is 6.12. The number of rotatable bonds is 5. The van der Waals surface area contributed by atoms with Gasteiger partial charge in [-0.15, -0.1) is 0 Å². The van der Waals surface area contributed by atoms with Gasteiger partial charge in [0.2, 0.25) is 5.91 Å². The topological polar surface area (TPSA) is 84.8 Å². The van der Waals surface area contributed by atoms with Crippen molar-refractivity contribution in [3.8, 4) is 0 Å². The average molecular weight is 485 g/mol. The molecule has 0 unspecified atom stereocenters. The Morgan fingerprint density at radius 2 is 1.82 bits per heavy atom. The quantitative estimate of drug-likeness (QED) is 0.671. The minimum absolute atomic E-state index is 0.178. The predicted octanol–water partition coefficient (Wildman–Crippen LogP) is 2.01. The number of fused-ring (bicyclic) bond motifs is 1. The van der Waals surface area contributed by atoms with E-state index in [-0.39, 0.29) is 17.7 Å². The van der Waals surface area contributed by atoms with Gasteiger partial charge >= 0.3 is 0 Å². The zero-order chi connectivity index (χ0) is 23.7. The van der Waals surface area contributed by atoms with Crippen LogP contribution in [0.1, 0.15) is 48.1 Å².